The zero-order chi connectivity index (χ0) is 21.2. The van der Waals surface area contributed by atoms with Gasteiger partial charge < -0.3 is 4.98 Å². The third-order valence-electron chi connectivity index (χ3n) is 5.29. The normalized spacial score (nSPS) is 11.4. The van der Waals surface area contributed by atoms with Crippen molar-refractivity contribution in [3.8, 4) is 11.1 Å². The molecule has 5 rings (SSSR count). The fourth-order valence-electron chi connectivity index (χ4n) is 3.83. The van der Waals surface area contributed by atoms with E-state index in [0.29, 0.717) is 11.1 Å². The Morgan fingerprint density at radius 3 is 2.55 bits per heavy atom. The van der Waals surface area contributed by atoms with E-state index >= 15 is 0 Å². The molecule has 4 nitrogen and oxygen atoms in total. The van der Waals surface area contributed by atoms with Crippen molar-refractivity contribution in [3.63, 3.8) is 0 Å². The molecule has 0 aliphatic rings. The van der Waals surface area contributed by atoms with E-state index in [9.17, 15) is 9.59 Å². The van der Waals surface area contributed by atoms with E-state index in [0.717, 1.165) is 27.4 Å². The van der Waals surface area contributed by atoms with Gasteiger partial charge in [0.2, 0.25) is 0 Å². The molecule has 148 valence electrons. The zero-order valence-corrected chi connectivity index (χ0v) is 16.6. The molecule has 0 unspecified atom stereocenters. The Balaban J connectivity index is 1.63. The average molecular weight is 402 g/mol. The Hall–Kier alpha value is -4.31. The molecule has 0 spiro atoms. The van der Waals surface area contributed by atoms with Crippen molar-refractivity contribution < 1.29 is 4.79 Å². The standard InChI is InChI=1S/C27H18N2O2/c30-24(15-13-18-12-14-19-9-6-16-28-23(19)17-18)26-25(20-7-2-1-3-8-20)21-10-4-5-11-22(21)29-27(26)31/h1-17H,(H,29,31)/b15-13+. The Bertz CT molecular complexity index is 1520. The van der Waals surface area contributed by atoms with E-state index in [1.54, 1.807) is 12.3 Å². The summed E-state index contributed by atoms with van der Waals surface area (Å²) >= 11 is 0. The van der Waals surface area contributed by atoms with Crippen molar-refractivity contribution in [2.24, 2.45) is 0 Å². The number of hydrogen-bond acceptors (Lipinski definition) is 3. The molecule has 0 aliphatic carbocycles. The number of pyridine rings is 2. The first-order valence-electron chi connectivity index (χ1n) is 9.98. The average Bonchev–Trinajstić information content (AvgIpc) is 2.82. The van der Waals surface area contributed by atoms with Gasteiger partial charge in [0.1, 0.15) is 0 Å². The van der Waals surface area contributed by atoms with Gasteiger partial charge in [-0.05, 0) is 35.4 Å². The van der Waals surface area contributed by atoms with Gasteiger partial charge in [-0.25, -0.2) is 0 Å². The van der Waals surface area contributed by atoms with Crippen LogP contribution in [0.5, 0.6) is 0 Å². The lowest BCUT2D eigenvalue weighted by Gasteiger charge is -2.11. The van der Waals surface area contributed by atoms with Crippen molar-refractivity contribution in [1.29, 1.82) is 0 Å². The van der Waals surface area contributed by atoms with Gasteiger partial charge in [-0.2, -0.15) is 0 Å². The molecule has 0 amide bonds. The van der Waals surface area contributed by atoms with Gasteiger partial charge in [0.05, 0.1) is 11.1 Å². The van der Waals surface area contributed by atoms with Crippen LogP contribution in [0.25, 0.3) is 39.0 Å². The zero-order valence-electron chi connectivity index (χ0n) is 16.6. The summed E-state index contributed by atoms with van der Waals surface area (Å²) in [6, 6.07) is 26.7. The van der Waals surface area contributed by atoms with E-state index in [-0.39, 0.29) is 11.3 Å². The molecule has 5 aromatic rings. The lowest BCUT2D eigenvalue weighted by Crippen LogP contribution is -2.18. The van der Waals surface area contributed by atoms with E-state index in [1.165, 1.54) is 6.08 Å². The number of H-pyrrole nitrogens is 1. The molecule has 0 saturated carbocycles. The summed E-state index contributed by atoms with van der Waals surface area (Å²) in [4.78, 5) is 33.4. The predicted octanol–water partition coefficient (Wildman–Crippen LogP) is 5.64. The third-order valence-corrected chi connectivity index (χ3v) is 5.29. The van der Waals surface area contributed by atoms with Crippen LogP contribution in [0.4, 0.5) is 0 Å². The van der Waals surface area contributed by atoms with Gasteiger partial charge >= 0.3 is 0 Å². The van der Waals surface area contributed by atoms with Crippen LogP contribution in [-0.2, 0) is 0 Å². The third kappa shape index (κ3) is 3.55. The summed E-state index contributed by atoms with van der Waals surface area (Å²) in [5.74, 6) is -0.341. The number of carbonyl (C=O) groups excluding carboxylic acids is 1. The maximum Gasteiger partial charge on any atom is 0.260 e. The number of fused-ring (bicyclic) bond motifs is 2. The van der Waals surface area contributed by atoms with Gasteiger partial charge in [0.15, 0.2) is 5.78 Å². The van der Waals surface area contributed by atoms with Crippen LogP contribution in [0.2, 0.25) is 0 Å². The number of nitrogens with zero attached hydrogens (tertiary/aromatic N) is 1. The lowest BCUT2D eigenvalue weighted by atomic mass is 9.94. The van der Waals surface area contributed by atoms with Crippen molar-refractivity contribution in [2.75, 3.05) is 0 Å². The maximum atomic E-state index is 13.2. The fourth-order valence-corrected chi connectivity index (χ4v) is 3.83. The monoisotopic (exact) mass is 402 g/mol. The molecule has 2 heterocycles. The maximum absolute atomic E-state index is 13.2. The molecular weight excluding hydrogens is 384 g/mol. The topological polar surface area (TPSA) is 62.8 Å². The van der Waals surface area contributed by atoms with Gasteiger partial charge in [-0.3, -0.25) is 14.6 Å². The highest BCUT2D eigenvalue weighted by Gasteiger charge is 2.18. The number of para-hydroxylation sites is 1. The molecule has 0 radical (unpaired) electrons. The van der Waals surface area contributed by atoms with Gasteiger partial charge in [0, 0.05) is 28.0 Å². The first-order chi connectivity index (χ1) is 15.2. The molecule has 4 heteroatoms. The van der Waals surface area contributed by atoms with Crippen LogP contribution in [0.3, 0.4) is 0 Å². The smallest absolute Gasteiger partial charge is 0.260 e. The second-order valence-electron chi connectivity index (χ2n) is 7.27. The highest BCUT2D eigenvalue weighted by Crippen LogP contribution is 2.30. The molecule has 0 bridgehead atoms. The van der Waals surface area contributed by atoms with Crippen molar-refractivity contribution in [3.05, 3.63) is 119 Å². The van der Waals surface area contributed by atoms with Gasteiger partial charge in [0.25, 0.3) is 5.56 Å². The Morgan fingerprint density at radius 2 is 1.68 bits per heavy atom. The molecule has 2 aromatic heterocycles. The van der Waals surface area contributed by atoms with Crippen LogP contribution in [0.15, 0.2) is 102 Å². The summed E-state index contributed by atoms with van der Waals surface area (Å²) in [5, 5.41) is 1.86. The largest absolute Gasteiger partial charge is 0.321 e. The van der Waals surface area contributed by atoms with E-state index in [4.69, 9.17) is 0 Å². The van der Waals surface area contributed by atoms with Crippen LogP contribution in [0.1, 0.15) is 15.9 Å². The number of aromatic nitrogens is 2. The quantitative estimate of drug-likeness (QED) is 0.313. The minimum atomic E-state index is -0.396. The second kappa shape index (κ2) is 7.84. The number of nitrogens with one attached hydrogen (secondary N) is 1. The summed E-state index contributed by atoms with van der Waals surface area (Å²) in [6.45, 7) is 0. The second-order valence-corrected chi connectivity index (χ2v) is 7.27. The first kappa shape index (κ1) is 18.7. The minimum absolute atomic E-state index is 0.139. The molecule has 0 atom stereocenters. The molecule has 3 aromatic carbocycles. The van der Waals surface area contributed by atoms with E-state index < -0.39 is 5.56 Å². The van der Waals surface area contributed by atoms with Gasteiger partial charge in [-0.15, -0.1) is 0 Å². The van der Waals surface area contributed by atoms with Crippen molar-refractivity contribution >= 4 is 33.7 Å². The number of aromatic amines is 1. The van der Waals surface area contributed by atoms with Crippen LogP contribution >= 0.6 is 0 Å². The summed E-state index contributed by atoms with van der Waals surface area (Å²) in [7, 11) is 0. The van der Waals surface area contributed by atoms with Crippen LogP contribution in [-0.4, -0.2) is 15.8 Å². The highest BCUT2D eigenvalue weighted by atomic mass is 16.1. The molecule has 0 saturated heterocycles. The Morgan fingerprint density at radius 1 is 0.871 bits per heavy atom. The van der Waals surface area contributed by atoms with E-state index in [1.807, 2.05) is 84.9 Å². The Labute approximate surface area is 178 Å². The van der Waals surface area contributed by atoms with Crippen molar-refractivity contribution in [1.82, 2.24) is 9.97 Å². The van der Waals surface area contributed by atoms with E-state index in [2.05, 4.69) is 9.97 Å². The number of allylic oxidation sites excluding steroid dienone is 1. The SMILES string of the molecule is O=C(/C=C/c1ccc2cccnc2c1)c1c(-c2ccccc2)c2ccccc2[nH]c1=O. The number of hydrogen-bond donors (Lipinski definition) is 1. The van der Waals surface area contributed by atoms with Crippen LogP contribution < -0.4 is 5.56 Å². The van der Waals surface area contributed by atoms with Crippen molar-refractivity contribution in [2.45, 2.75) is 0 Å². The molecule has 31 heavy (non-hydrogen) atoms. The summed E-state index contributed by atoms with van der Waals surface area (Å²) in [6.07, 6.45) is 4.91. The van der Waals surface area contributed by atoms with Crippen LogP contribution in [0, 0.1) is 0 Å². The number of benzene rings is 3. The predicted molar refractivity (Wildman–Crippen MR) is 125 cm³/mol. The molecular formula is C27H18N2O2. The number of ketones is 1. The molecule has 0 aliphatic heterocycles. The van der Waals surface area contributed by atoms with Gasteiger partial charge in [-0.1, -0.05) is 72.8 Å². The Kier molecular flexibility index (Phi) is 4.73. The number of rotatable bonds is 4. The molecule has 0 fully saturated rings. The summed E-state index contributed by atoms with van der Waals surface area (Å²) < 4.78 is 0. The molecule has 1 N–H and O–H groups in total. The fraction of sp³-hybridized carbons (Fsp3) is 0. The number of carbonyl (C=O) groups is 1. The first-order valence-corrected chi connectivity index (χ1v) is 9.98. The lowest BCUT2D eigenvalue weighted by molar-refractivity contribution is 0.104. The summed E-state index contributed by atoms with van der Waals surface area (Å²) in [5.41, 5.74) is 3.62. The minimum Gasteiger partial charge on any atom is -0.321 e. The highest BCUT2D eigenvalue weighted by molar-refractivity contribution is 6.15.